The van der Waals surface area contributed by atoms with Gasteiger partial charge in [0, 0.05) is 17.9 Å². The van der Waals surface area contributed by atoms with Gasteiger partial charge in [-0.25, -0.2) is 9.59 Å². The molecule has 2 N–H and O–H groups in total. The maximum Gasteiger partial charge on any atom is 0.408 e. The lowest BCUT2D eigenvalue weighted by Crippen LogP contribution is -2.55. The number of rotatable bonds is 27. The maximum atomic E-state index is 13.1. The van der Waals surface area contributed by atoms with Crippen LogP contribution in [0.15, 0.2) is 0 Å². The van der Waals surface area contributed by atoms with Crippen molar-refractivity contribution in [3.63, 3.8) is 0 Å². The second-order valence-corrected chi connectivity index (χ2v) is 15.4. The summed E-state index contributed by atoms with van der Waals surface area (Å²) in [5.41, 5.74) is -1.29. The number of nitrogens with one attached hydrogen (secondary N) is 2. The molecule has 0 radical (unpaired) electrons. The number of carbonyl (C=O) groups excluding carboxylic acids is 4. The number of alkyl carbamates (subject to hydrolysis) is 1. The van der Waals surface area contributed by atoms with Crippen LogP contribution in [0.1, 0.15) is 151 Å². The van der Waals surface area contributed by atoms with Gasteiger partial charge in [-0.05, 0) is 48.0 Å². The molecule has 0 rings (SSSR count). The van der Waals surface area contributed by atoms with Crippen LogP contribution in [0, 0.1) is 0 Å². The lowest BCUT2D eigenvalue weighted by atomic mass is 10.0. The summed E-state index contributed by atoms with van der Waals surface area (Å²) in [5.74, 6) is -0.844. The van der Waals surface area contributed by atoms with Gasteiger partial charge in [-0.1, -0.05) is 96.8 Å². The maximum absolute atomic E-state index is 13.1. The molecule has 0 saturated heterocycles. The lowest BCUT2D eigenvalue weighted by molar-refractivity contribution is -0.148. The van der Waals surface area contributed by atoms with Crippen LogP contribution in [-0.4, -0.2) is 79.1 Å². The fraction of sp³-hybridized carbons (Fsp3) is 0.889. The predicted octanol–water partition coefficient (Wildman–Crippen LogP) is 7.89. The van der Waals surface area contributed by atoms with Gasteiger partial charge in [-0.2, -0.15) is 11.8 Å². The smallest absolute Gasteiger partial charge is 0.408 e. The Bertz CT molecular complexity index is 857. The molecule has 0 fully saturated rings. The van der Waals surface area contributed by atoms with Gasteiger partial charge >= 0.3 is 18.0 Å². The van der Waals surface area contributed by atoms with Crippen molar-refractivity contribution in [2.24, 2.45) is 0 Å². The molecule has 0 spiro atoms. The van der Waals surface area contributed by atoms with Crippen molar-refractivity contribution >= 4 is 35.7 Å². The molecule has 47 heavy (non-hydrogen) atoms. The molecule has 11 heteroatoms. The molecule has 276 valence electrons. The number of ether oxygens (including phenoxy) is 4. The lowest BCUT2D eigenvalue weighted by Gasteiger charge is -2.26. The van der Waals surface area contributed by atoms with Crippen LogP contribution in [0.25, 0.3) is 0 Å². The van der Waals surface area contributed by atoms with Gasteiger partial charge in [-0.3, -0.25) is 9.59 Å². The van der Waals surface area contributed by atoms with Gasteiger partial charge < -0.3 is 29.6 Å². The fourth-order valence-electron chi connectivity index (χ4n) is 4.68. The van der Waals surface area contributed by atoms with Crippen molar-refractivity contribution in [3.05, 3.63) is 0 Å². The molecular formula is C36H68N2O8S. The van der Waals surface area contributed by atoms with E-state index in [1.54, 1.807) is 20.8 Å². The highest BCUT2D eigenvalue weighted by Gasteiger charge is 2.30. The fourth-order valence-corrected chi connectivity index (χ4v) is 5.52. The van der Waals surface area contributed by atoms with Gasteiger partial charge in [-0.15, -0.1) is 0 Å². The molecule has 0 aliphatic heterocycles. The van der Waals surface area contributed by atoms with E-state index in [2.05, 4.69) is 17.6 Å². The molecule has 2 atom stereocenters. The summed E-state index contributed by atoms with van der Waals surface area (Å²) in [6.45, 7) is 13.0. The van der Waals surface area contributed by atoms with E-state index < -0.39 is 41.3 Å². The van der Waals surface area contributed by atoms with Crippen LogP contribution < -0.4 is 10.6 Å². The van der Waals surface area contributed by atoms with Gasteiger partial charge in [0.05, 0.1) is 19.3 Å². The van der Waals surface area contributed by atoms with E-state index in [1.165, 1.54) is 95.9 Å². The number of esters is 2. The molecule has 0 aromatic carbocycles. The van der Waals surface area contributed by atoms with Crippen molar-refractivity contribution in [3.8, 4) is 0 Å². The standard InChI is InChI=1S/C36H68N2O8S/c1-9-10-11-12-13-14-15-16-17-18-19-20-21-22-23-24-31(39)44-25-26-47-28-30(38-34(42)46-36(5,6)7)32(40)37-29(33(41)43-8)27-45-35(2,3)4/h29-30H,9-28H2,1-8H3,(H,37,40)(H,38,42)/t29-,30+/m0/s1. The molecule has 0 unspecified atom stereocenters. The molecule has 0 saturated carbocycles. The number of carbonyl (C=O) groups is 4. The van der Waals surface area contributed by atoms with Crippen LogP contribution in [0.4, 0.5) is 4.79 Å². The number of amides is 2. The SMILES string of the molecule is CCCCCCCCCCCCCCCCCC(=O)OCCSC[C@@H](NC(=O)OC(C)(C)C)C(=O)N[C@@H](COC(C)(C)C)C(=O)OC. The largest absolute Gasteiger partial charge is 0.467 e. The third kappa shape index (κ3) is 28.7. The summed E-state index contributed by atoms with van der Waals surface area (Å²) in [6, 6.07) is -2.06. The minimum atomic E-state index is -1.06. The van der Waals surface area contributed by atoms with E-state index >= 15 is 0 Å². The summed E-state index contributed by atoms with van der Waals surface area (Å²) in [6.07, 6.45) is 18.8. The number of thioether (sulfide) groups is 1. The number of hydrogen-bond acceptors (Lipinski definition) is 9. The van der Waals surface area contributed by atoms with Gasteiger partial charge in [0.25, 0.3) is 0 Å². The molecule has 0 aromatic rings. The van der Waals surface area contributed by atoms with Crippen LogP contribution in [0.3, 0.4) is 0 Å². The van der Waals surface area contributed by atoms with Crippen molar-refractivity contribution < 1.29 is 38.1 Å². The third-order valence-corrected chi connectivity index (χ3v) is 8.28. The Morgan fingerprint density at radius 2 is 1.19 bits per heavy atom. The van der Waals surface area contributed by atoms with E-state index in [0.29, 0.717) is 12.2 Å². The molecule has 0 heterocycles. The minimum absolute atomic E-state index is 0.0937. The zero-order valence-corrected chi connectivity index (χ0v) is 31.8. The van der Waals surface area contributed by atoms with Gasteiger partial charge in [0.1, 0.15) is 18.2 Å². The van der Waals surface area contributed by atoms with E-state index in [9.17, 15) is 19.2 Å². The Morgan fingerprint density at radius 3 is 1.66 bits per heavy atom. The molecule has 10 nitrogen and oxygen atoms in total. The topological polar surface area (TPSA) is 129 Å². The van der Waals surface area contributed by atoms with Crippen LogP contribution in [-0.2, 0) is 33.3 Å². The first-order valence-electron chi connectivity index (χ1n) is 17.9. The number of unbranched alkanes of at least 4 members (excludes halogenated alkanes) is 14. The summed E-state index contributed by atoms with van der Waals surface area (Å²) < 4.78 is 21.2. The van der Waals surface area contributed by atoms with E-state index in [1.807, 2.05) is 20.8 Å². The van der Waals surface area contributed by atoms with Crippen molar-refractivity contribution in [1.29, 1.82) is 0 Å². The van der Waals surface area contributed by atoms with Crippen LogP contribution >= 0.6 is 11.8 Å². The summed E-state index contributed by atoms with van der Waals surface area (Å²) in [4.78, 5) is 50.1. The quantitative estimate of drug-likeness (QED) is 0.0503. The first kappa shape index (κ1) is 45.0. The molecule has 0 aliphatic rings. The predicted molar refractivity (Wildman–Crippen MR) is 191 cm³/mol. The van der Waals surface area contributed by atoms with Crippen molar-refractivity contribution in [1.82, 2.24) is 10.6 Å². The van der Waals surface area contributed by atoms with Crippen molar-refractivity contribution in [2.75, 3.05) is 31.8 Å². The summed E-state index contributed by atoms with van der Waals surface area (Å²) >= 11 is 1.34. The highest BCUT2D eigenvalue weighted by atomic mass is 32.2. The van der Waals surface area contributed by atoms with Crippen molar-refractivity contribution in [2.45, 2.75) is 174 Å². The summed E-state index contributed by atoms with van der Waals surface area (Å²) in [5, 5.41) is 5.21. The highest BCUT2D eigenvalue weighted by molar-refractivity contribution is 7.99. The van der Waals surface area contributed by atoms with E-state index in [4.69, 9.17) is 18.9 Å². The molecule has 2 amide bonds. The van der Waals surface area contributed by atoms with E-state index in [-0.39, 0.29) is 24.9 Å². The Hall–Kier alpha value is -2.01. The number of methoxy groups -OCH3 is 1. The van der Waals surface area contributed by atoms with Crippen LogP contribution in [0.5, 0.6) is 0 Å². The van der Waals surface area contributed by atoms with E-state index in [0.717, 1.165) is 19.3 Å². The zero-order chi connectivity index (χ0) is 35.6. The first-order chi connectivity index (χ1) is 22.2. The van der Waals surface area contributed by atoms with Gasteiger partial charge in [0.15, 0.2) is 6.04 Å². The average molecular weight is 689 g/mol. The van der Waals surface area contributed by atoms with Crippen LogP contribution in [0.2, 0.25) is 0 Å². The molecule has 0 bridgehead atoms. The molecular weight excluding hydrogens is 620 g/mol. The Balaban J connectivity index is 4.36. The Labute approximate surface area is 290 Å². The normalized spacial score (nSPS) is 13.0. The van der Waals surface area contributed by atoms with Gasteiger partial charge in [0.2, 0.25) is 5.91 Å². The molecule has 0 aromatic heterocycles. The minimum Gasteiger partial charge on any atom is -0.467 e. The first-order valence-corrected chi connectivity index (χ1v) is 19.1. The summed E-state index contributed by atoms with van der Waals surface area (Å²) in [7, 11) is 1.23. The zero-order valence-electron chi connectivity index (χ0n) is 31.0. The second kappa shape index (κ2) is 26.9. The highest BCUT2D eigenvalue weighted by Crippen LogP contribution is 2.15. The Kier molecular flexibility index (Phi) is 25.7. The monoisotopic (exact) mass is 688 g/mol. The molecule has 0 aliphatic carbocycles. The Morgan fingerprint density at radius 1 is 0.681 bits per heavy atom. The average Bonchev–Trinajstić information content (AvgIpc) is 2.98. The third-order valence-electron chi connectivity index (χ3n) is 7.25. The number of hydrogen-bond donors (Lipinski definition) is 2. The second-order valence-electron chi connectivity index (χ2n) is 14.2.